The van der Waals surface area contributed by atoms with Crippen LogP contribution in [0.15, 0.2) is 34.5 Å². The van der Waals surface area contributed by atoms with Crippen molar-refractivity contribution in [2.45, 2.75) is 46.5 Å². The lowest BCUT2D eigenvalue weighted by Crippen LogP contribution is -2.32. The van der Waals surface area contributed by atoms with E-state index in [-0.39, 0.29) is 17.0 Å². The SMILES string of the molecule is CCC/C(O)=C1\C(=O)CC(C)(C)CC1=Nc1ccc(Cl)c(Cl)c1. The van der Waals surface area contributed by atoms with Crippen molar-refractivity contribution in [1.82, 2.24) is 0 Å². The lowest BCUT2D eigenvalue weighted by Gasteiger charge is -2.31. The molecule has 23 heavy (non-hydrogen) atoms. The van der Waals surface area contributed by atoms with E-state index in [4.69, 9.17) is 23.2 Å². The van der Waals surface area contributed by atoms with Crippen LogP contribution < -0.4 is 0 Å². The van der Waals surface area contributed by atoms with Gasteiger partial charge in [-0.25, -0.2) is 0 Å². The number of benzene rings is 1. The fourth-order valence-electron chi connectivity index (χ4n) is 2.78. The molecular formula is C18H21Cl2NO2. The van der Waals surface area contributed by atoms with Gasteiger partial charge in [0, 0.05) is 12.8 Å². The average molecular weight is 354 g/mol. The van der Waals surface area contributed by atoms with E-state index < -0.39 is 0 Å². The quantitative estimate of drug-likeness (QED) is 0.529. The number of carbonyl (C=O) groups excluding carboxylic acids is 1. The molecule has 0 amide bonds. The van der Waals surface area contributed by atoms with Gasteiger partial charge in [0.15, 0.2) is 5.78 Å². The van der Waals surface area contributed by atoms with Gasteiger partial charge in [-0.3, -0.25) is 9.79 Å². The third kappa shape index (κ3) is 4.36. The number of hydrogen-bond donors (Lipinski definition) is 1. The van der Waals surface area contributed by atoms with Gasteiger partial charge in [0.05, 0.1) is 27.0 Å². The Bertz CT molecular complexity index is 690. The molecule has 0 aromatic heterocycles. The molecular weight excluding hydrogens is 333 g/mol. The summed E-state index contributed by atoms with van der Waals surface area (Å²) in [7, 11) is 0. The standard InChI is InChI=1S/C18H21Cl2NO2/c1-4-5-15(22)17-14(9-18(2,3)10-16(17)23)21-11-6-7-12(19)13(20)8-11/h6-8,22H,4-5,9-10H2,1-3H3/b17-15+,21-14?. The summed E-state index contributed by atoms with van der Waals surface area (Å²) in [5.74, 6) is 0.0813. The third-order valence-electron chi connectivity index (χ3n) is 3.80. The second-order valence-electron chi connectivity index (χ2n) is 6.67. The molecule has 0 unspecified atom stereocenters. The van der Waals surface area contributed by atoms with Gasteiger partial charge in [-0.1, -0.05) is 44.0 Å². The van der Waals surface area contributed by atoms with Gasteiger partial charge in [0.25, 0.3) is 0 Å². The zero-order valence-corrected chi connectivity index (χ0v) is 15.1. The summed E-state index contributed by atoms with van der Waals surface area (Å²) < 4.78 is 0. The first-order valence-corrected chi connectivity index (χ1v) is 8.47. The van der Waals surface area contributed by atoms with Crippen LogP contribution >= 0.6 is 23.2 Å². The van der Waals surface area contributed by atoms with Crippen LogP contribution in [0.4, 0.5) is 5.69 Å². The topological polar surface area (TPSA) is 49.7 Å². The van der Waals surface area contributed by atoms with Crippen LogP contribution in [0.5, 0.6) is 0 Å². The van der Waals surface area contributed by atoms with Gasteiger partial charge in [0.2, 0.25) is 0 Å². The lowest BCUT2D eigenvalue weighted by atomic mass is 9.73. The Morgan fingerprint density at radius 3 is 2.57 bits per heavy atom. The highest BCUT2D eigenvalue weighted by molar-refractivity contribution is 6.42. The van der Waals surface area contributed by atoms with Gasteiger partial charge in [-0.15, -0.1) is 0 Å². The van der Waals surface area contributed by atoms with E-state index in [2.05, 4.69) is 4.99 Å². The molecule has 0 heterocycles. The van der Waals surface area contributed by atoms with Crippen molar-refractivity contribution in [3.63, 3.8) is 0 Å². The average Bonchev–Trinajstić information content (AvgIpc) is 2.41. The van der Waals surface area contributed by atoms with Gasteiger partial charge in [-0.05, 0) is 36.5 Å². The monoisotopic (exact) mass is 353 g/mol. The maximum Gasteiger partial charge on any atom is 0.168 e. The first kappa shape index (κ1) is 18.0. The number of aliphatic hydroxyl groups is 1. The van der Waals surface area contributed by atoms with Gasteiger partial charge >= 0.3 is 0 Å². The van der Waals surface area contributed by atoms with Crippen LogP contribution in [0, 0.1) is 5.41 Å². The summed E-state index contributed by atoms with van der Waals surface area (Å²) in [5, 5.41) is 11.2. The van der Waals surface area contributed by atoms with Gasteiger partial charge in [-0.2, -0.15) is 0 Å². The highest BCUT2D eigenvalue weighted by atomic mass is 35.5. The highest BCUT2D eigenvalue weighted by Crippen LogP contribution is 2.37. The molecule has 0 bridgehead atoms. The number of Topliss-reactive ketones (excluding diaryl/α,β-unsaturated/α-hetero) is 1. The Balaban J connectivity index is 2.52. The molecule has 0 aliphatic heterocycles. The summed E-state index contributed by atoms with van der Waals surface area (Å²) in [6.45, 7) is 6.02. The minimum Gasteiger partial charge on any atom is -0.511 e. The number of ketones is 1. The Kier molecular flexibility index (Phi) is 5.53. The zero-order valence-electron chi connectivity index (χ0n) is 13.6. The maximum atomic E-state index is 12.5. The highest BCUT2D eigenvalue weighted by Gasteiger charge is 2.36. The Labute approximate surface area is 147 Å². The number of aliphatic hydroxyl groups excluding tert-OH is 1. The number of carbonyl (C=O) groups is 1. The normalized spacial score (nSPS) is 21.6. The molecule has 1 aromatic carbocycles. The molecule has 0 atom stereocenters. The molecule has 0 saturated heterocycles. The molecule has 1 N–H and O–H groups in total. The molecule has 1 aromatic rings. The summed E-state index contributed by atoms with van der Waals surface area (Å²) in [4.78, 5) is 17.1. The van der Waals surface area contributed by atoms with Crippen molar-refractivity contribution in [2.24, 2.45) is 10.4 Å². The van der Waals surface area contributed by atoms with Crippen molar-refractivity contribution in [2.75, 3.05) is 0 Å². The number of halogens is 2. The van der Waals surface area contributed by atoms with Crippen LogP contribution in [-0.4, -0.2) is 16.6 Å². The van der Waals surface area contributed by atoms with E-state index in [1.54, 1.807) is 18.2 Å². The number of rotatable bonds is 3. The minimum atomic E-state index is -0.178. The molecule has 2 rings (SSSR count). The van der Waals surface area contributed by atoms with E-state index in [1.165, 1.54) is 0 Å². The van der Waals surface area contributed by atoms with Crippen molar-refractivity contribution < 1.29 is 9.90 Å². The summed E-state index contributed by atoms with van der Waals surface area (Å²) in [6, 6.07) is 5.09. The number of hydrogen-bond acceptors (Lipinski definition) is 3. The Morgan fingerprint density at radius 1 is 1.26 bits per heavy atom. The van der Waals surface area contributed by atoms with E-state index in [0.717, 1.165) is 6.42 Å². The molecule has 0 radical (unpaired) electrons. The number of nitrogens with zero attached hydrogens (tertiary/aromatic N) is 1. The van der Waals surface area contributed by atoms with Crippen molar-refractivity contribution in [1.29, 1.82) is 0 Å². The Morgan fingerprint density at radius 2 is 1.96 bits per heavy atom. The first-order chi connectivity index (χ1) is 10.7. The van der Waals surface area contributed by atoms with Crippen LogP contribution in [0.25, 0.3) is 0 Å². The third-order valence-corrected chi connectivity index (χ3v) is 4.53. The first-order valence-electron chi connectivity index (χ1n) is 7.72. The summed E-state index contributed by atoms with van der Waals surface area (Å²) in [6.07, 6.45) is 2.28. The molecule has 1 aliphatic carbocycles. The molecule has 5 heteroatoms. The zero-order chi connectivity index (χ0) is 17.2. The molecule has 0 spiro atoms. The maximum absolute atomic E-state index is 12.5. The van der Waals surface area contributed by atoms with Crippen molar-refractivity contribution in [3.05, 3.63) is 39.6 Å². The molecule has 3 nitrogen and oxygen atoms in total. The number of aliphatic imine (C=N–C) groups is 1. The summed E-state index contributed by atoms with van der Waals surface area (Å²) >= 11 is 12.0. The smallest absolute Gasteiger partial charge is 0.168 e. The van der Waals surface area contributed by atoms with Crippen LogP contribution in [-0.2, 0) is 4.79 Å². The van der Waals surface area contributed by atoms with E-state index in [0.29, 0.717) is 46.3 Å². The predicted molar refractivity (Wildman–Crippen MR) is 96.1 cm³/mol. The lowest BCUT2D eigenvalue weighted by molar-refractivity contribution is -0.117. The van der Waals surface area contributed by atoms with E-state index in [9.17, 15) is 9.90 Å². The van der Waals surface area contributed by atoms with E-state index in [1.807, 2.05) is 20.8 Å². The molecule has 124 valence electrons. The van der Waals surface area contributed by atoms with Gasteiger partial charge < -0.3 is 5.11 Å². The number of allylic oxidation sites excluding steroid dienone is 2. The van der Waals surface area contributed by atoms with Crippen LogP contribution in [0.3, 0.4) is 0 Å². The second-order valence-corrected chi connectivity index (χ2v) is 7.48. The van der Waals surface area contributed by atoms with Crippen LogP contribution in [0.1, 0.15) is 46.5 Å². The molecule has 1 aliphatic rings. The largest absolute Gasteiger partial charge is 0.511 e. The van der Waals surface area contributed by atoms with Crippen LogP contribution in [0.2, 0.25) is 10.0 Å². The fraction of sp³-hybridized carbons (Fsp3) is 0.444. The molecule has 1 fully saturated rings. The van der Waals surface area contributed by atoms with E-state index >= 15 is 0 Å². The second kappa shape index (κ2) is 7.06. The molecule has 1 saturated carbocycles. The Hall–Kier alpha value is -1.32. The van der Waals surface area contributed by atoms with Gasteiger partial charge in [0.1, 0.15) is 5.76 Å². The minimum absolute atomic E-state index is 0.0500. The van der Waals surface area contributed by atoms with Crippen molar-refractivity contribution in [3.8, 4) is 0 Å². The van der Waals surface area contributed by atoms with Crippen molar-refractivity contribution >= 4 is 40.4 Å². The fourth-order valence-corrected chi connectivity index (χ4v) is 3.08. The summed E-state index contributed by atoms with van der Waals surface area (Å²) in [5.41, 5.74) is 1.44. The predicted octanol–water partition coefficient (Wildman–Crippen LogP) is 6.07.